The van der Waals surface area contributed by atoms with E-state index in [0.29, 0.717) is 11.4 Å². The topological polar surface area (TPSA) is 133 Å². The smallest absolute Gasteiger partial charge is 0.303 e. The number of aliphatic carboxylic acids is 2. The second-order valence-electron chi connectivity index (χ2n) is 5.62. The summed E-state index contributed by atoms with van der Waals surface area (Å²) in [6.45, 7) is 1.77. The van der Waals surface area contributed by atoms with Crippen molar-refractivity contribution in [1.29, 1.82) is 0 Å². The lowest BCUT2D eigenvalue weighted by molar-refractivity contribution is -0.138. The van der Waals surface area contributed by atoms with Gasteiger partial charge in [-0.05, 0) is 43.5 Å². The summed E-state index contributed by atoms with van der Waals surface area (Å²) < 4.78 is 0. The molecule has 1 aromatic carbocycles. The lowest BCUT2D eigenvalue weighted by Crippen LogP contribution is -2.14. The van der Waals surface area contributed by atoms with E-state index in [1.807, 2.05) is 0 Å². The fourth-order valence-electron chi connectivity index (χ4n) is 2.12. The molecular weight excluding hydrogens is 328 g/mol. The van der Waals surface area contributed by atoms with Gasteiger partial charge in [0.25, 0.3) is 0 Å². The number of carboxylic acids is 2. The molecule has 8 nitrogen and oxygen atoms in total. The molecule has 0 atom stereocenters. The van der Waals surface area contributed by atoms with E-state index >= 15 is 0 Å². The predicted octanol–water partition coefficient (Wildman–Crippen LogP) is 2.38. The molecule has 136 valence electrons. The van der Waals surface area contributed by atoms with Crippen LogP contribution in [0, 0.1) is 6.92 Å². The fourth-order valence-corrected chi connectivity index (χ4v) is 2.12. The van der Waals surface area contributed by atoms with Crippen molar-refractivity contribution in [3.63, 3.8) is 0 Å². The number of hydrogen-bond acceptors (Lipinski definition) is 4. The second-order valence-corrected chi connectivity index (χ2v) is 5.62. The maximum Gasteiger partial charge on any atom is 0.303 e. The van der Waals surface area contributed by atoms with Crippen LogP contribution < -0.4 is 10.6 Å². The molecule has 1 aromatic rings. The van der Waals surface area contributed by atoms with Crippen molar-refractivity contribution >= 4 is 35.1 Å². The van der Waals surface area contributed by atoms with Crippen molar-refractivity contribution in [1.82, 2.24) is 0 Å². The van der Waals surface area contributed by atoms with E-state index < -0.39 is 11.9 Å². The molecule has 0 unspecified atom stereocenters. The van der Waals surface area contributed by atoms with Gasteiger partial charge in [-0.15, -0.1) is 0 Å². The van der Waals surface area contributed by atoms with Crippen molar-refractivity contribution < 1.29 is 29.4 Å². The molecule has 0 radical (unpaired) electrons. The van der Waals surface area contributed by atoms with Crippen LogP contribution in [0.2, 0.25) is 0 Å². The van der Waals surface area contributed by atoms with E-state index in [-0.39, 0.29) is 50.3 Å². The zero-order valence-electron chi connectivity index (χ0n) is 14.0. The molecule has 0 aliphatic rings. The van der Waals surface area contributed by atoms with Gasteiger partial charge in [0.05, 0.1) is 0 Å². The SMILES string of the molecule is Cc1cc(NC(=O)CCCC(=O)O)ccc1NC(=O)CCCC(=O)O. The number of hydrogen-bond donors (Lipinski definition) is 4. The molecule has 0 heterocycles. The minimum atomic E-state index is -0.938. The van der Waals surface area contributed by atoms with Gasteiger partial charge in [0, 0.05) is 37.1 Å². The molecule has 0 aliphatic carbocycles. The normalized spacial score (nSPS) is 10.1. The quantitative estimate of drug-likeness (QED) is 0.512. The molecular formula is C17H22N2O6. The number of benzene rings is 1. The van der Waals surface area contributed by atoms with Gasteiger partial charge < -0.3 is 20.8 Å². The first-order chi connectivity index (χ1) is 11.8. The van der Waals surface area contributed by atoms with Gasteiger partial charge in [-0.1, -0.05) is 0 Å². The Morgan fingerprint density at radius 3 is 1.84 bits per heavy atom. The van der Waals surface area contributed by atoms with Crippen molar-refractivity contribution in [2.45, 2.75) is 45.4 Å². The molecule has 4 N–H and O–H groups in total. The molecule has 0 bridgehead atoms. The van der Waals surface area contributed by atoms with Crippen LogP contribution in [0.5, 0.6) is 0 Å². The van der Waals surface area contributed by atoms with Crippen LogP contribution in [-0.4, -0.2) is 34.0 Å². The Kier molecular flexibility index (Phi) is 8.11. The number of carbonyl (C=O) groups is 4. The van der Waals surface area contributed by atoms with E-state index in [4.69, 9.17) is 10.2 Å². The molecule has 8 heteroatoms. The highest BCUT2D eigenvalue weighted by Gasteiger charge is 2.09. The first-order valence-electron chi connectivity index (χ1n) is 7.92. The molecule has 0 aromatic heterocycles. The van der Waals surface area contributed by atoms with Crippen LogP contribution in [0.4, 0.5) is 11.4 Å². The molecule has 0 fully saturated rings. The van der Waals surface area contributed by atoms with E-state index in [1.54, 1.807) is 25.1 Å². The summed E-state index contributed by atoms with van der Waals surface area (Å²) in [4.78, 5) is 44.3. The average molecular weight is 350 g/mol. The van der Waals surface area contributed by atoms with Gasteiger partial charge in [0.15, 0.2) is 0 Å². The van der Waals surface area contributed by atoms with Gasteiger partial charge >= 0.3 is 11.9 Å². The van der Waals surface area contributed by atoms with E-state index in [2.05, 4.69) is 10.6 Å². The Labute approximate surface area is 145 Å². The van der Waals surface area contributed by atoms with Gasteiger partial charge in [0.1, 0.15) is 0 Å². The summed E-state index contributed by atoms with van der Waals surface area (Å²) >= 11 is 0. The Balaban J connectivity index is 2.50. The number of rotatable bonds is 10. The monoisotopic (exact) mass is 350 g/mol. The summed E-state index contributed by atoms with van der Waals surface area (Å²) in [5.74, 6) is -2.42. The zero-order valence-corrected chi connectivity index (χ0v) is 14.0. The van der Waals surface area contributed by atoms with E-state index in [1.165, 1.54) is 0 Å². The maximum absolute atomic E-state index is 11.8. The van der Waals surface area contributed by atoms with Crippen molar-refractivity contribution in [3.05, 3.63) is 23.8 Å². The van der Waals surface area contributed by atoms with Crippen LogP contribution in [0.15, 0.2) is 18.2 Å². The van der Waals surface area contributed by atoms with Crippen LogP contribution >= 0.6 is 0 Å². The standard InChI is InChI=1S/C17H22N2O6/c1-11-10-12(18-14(20)4-2-6-16(22)23)8-9-13(11)19-15(21)5-3-7-17(24)25/h8-10H,2-7H2,1H3,(H,18,20)(H,19,21)(H,22,23)(H,24,25). The highest BCUT2D eigenvalue weighted by atomic mass is 16.4. The maximum atomic E-state index is 11.8. The number of carbonyl (C=O) groups excluding carboxylic acids is 2. The third-order valence-electron chi connectivity index (χ3n) is 3.37. The third kappa shape index (κ3) is 8.50. The fraction of sp³-hybridized carbons (Fsp3) is 0.412. The molecule has 0 spiro atoms. The zero-order chi connectivity index (χ0) is 18.8. The first-order valence-corrected chi connectivity index (χ1v) is 7.92. The summed E-state index contributed by atoms with van der Waals surface area (Å²) in [6, 6.07) is 4.98. The van der Waals surface area contributed by atoms with Crippen molar-refractivity contribution in [2.75, 3.05) is 10.6 Å². The van der Waals surface area contributed by atoms with Gasteiger partial charge in [0.2, 0.25) is 11.8 Å². The predicted molar refractivity (Wildman–Crippen MR) is 91.4 cm³/mol. The summed E-state index contributed by atoms with van der Waals surface area (Å²) in [6.07, 6.45) is 0.662. The number of anilines is 2. The van der Waals surface area contributed by atoms with Crippen molar-refractivity contribution in [2.24, 2.45) is 0 Å². The number of carboxylic acid groups (broad SMARTS) is 2. The van der Waals surface area contributed by atoms with Crippen molar-refractivity contribution in [3.8, 4) is 0 Å². The molecule has 2 amide bonds. The van der Waals surface area contributed by atoms with E-state index in [0.717, 1.165) is 5.56 Å². The highest BCUT2D eigenvalue weighted by molar-refractivity contribution is 5.94. The molecule has 0 saturated heterocycles. The lowest BCUT2D eigenvalue weighted by Gasteiger charge is -2.11. The number of aryl methyl sites for hydroxylation is 1. The van der Waals surface area contributed by atoms with Gasteiger partial charge in [-0.25, -0.2) is 0 Å². The average Bonchev–Trinajstić information content (AvgIpc) is 2.49. The lowest BCUT2D eigenvalue weighted by atomic mass is 10.1. The van der Waals surface area contributed by atoms with Crippen LogP contribution in [0.3, 0.4) is 0 Å². The van der Waals surface area contributed by atoms with Crippen LogP contribution in [0.25, 0.3) is 0 Å². The molecule has 0 saturated carbocycles. The first kappa shape index (κ1) is 20.1. The minimum absolute atomic E-state index is 0.0563. The molecule has 25 heavy (non-hydrogen) atoms. The Morgan fingerprint density at radius 1 is 0.840 bits per heavy atom. The summed E-state index contributed by atoms with van der Waals surface area (Å²) in [7, 11) is 0. The Hall–Kier alpha value is -2.90. The summed E-state index contributed by atoms with van der Waals surface area (Å²) in [5, 5.41) is 22.5. The number of amides is 2. The second kappa shape index (κ2) is 10.1. The highest BCUT2D eigenvalue weighted by Crippen LogP contribution is 2.20. The van der Waals surface area contributed by atoms with Gasteiger partial charge in [-0.2, -0.15) is 0 Å². The van der Waals surface area contributed by atoms with Crippen LogP contribution in [0.1, 0.15) is 44.1 Å². The summed E-state index contributed by atoms with van der Waals surface area (Å²) in [5.41, 5.74) is 1.89. The molecule has 1 rings (SSSR count). The minimum Gasteiger partial charge on any atom is -0.481 e. The van der Waals surface area contributed by atoms with E-state index in [9.17, 15) is 19.2 Å². The Morgan fingerprint density at radius 2 is 1.36 bits per heavy atom. The largest absolute Gasteiger partial charge is 0.481 e. The van der Waals surface area contributed by atoms with Crippen LogP contribution in [-0.2, 0) is 19.2 Å². The number of nitrogens with one attached hydrogen (secondary N) is 2. The Bertz CT molecular complexity index is 657. The molecule has 0 aliphatic heterocycles. The third-order valence-corrected chi connectivity index (χ3v) is 3.37. The van der Waals surface area contributed by atoms with Gasteiger partial charge in [-0.3, -0.25) is 19.2 Å².